The zero-order valence-electron chi connectivity index (χ0n) is 9.49. The SMILES string of the molecule is CC(=O)SCCC(F)C(F)(F)C(F)C(F)C(F)(F)F. The van der Waals surface area contributed by atoms with Crippen LogP contribution in [-0.2, 0) is 4.79 Å². The van der Waals surface area contributed by atoms with Gasteiger partial charge in [-0.25, -0.2) is 22.0 Å². The molecule has 1 nitrogen and oxygen atoms in total. The van der Waals surface area contributed by atoms with Crippen LogP contribution < -0.4 is 0 Å². The van der Waals surface area contributed by atoms with Crippen molar-refractivity contribution in [1.29, 1.82) is 0 Å². The maximum atomic E-state index is 13.0. The molecular formula is C9H10F8OS. The van der Waals surface area contributed by atoms with Crippen molar-refractivity contribution < 1.29 is 39.9 Å². The van der Waals surface area contributed by atoms with Gasteiger partial charge in [-0.05, 0) is 6.42 Å². The fourth-order valence-electron chi connectivity index (χ4n) is 1.03. The molecule has 0 aliphatic carbocycles. The number of alkyl halides is 8. The summed E-state index contributed by atoms with van der Waals surface area (Å²) in [5.41, 5.74) is 0. The first kappa shape index (κ1) is 18.5. The Morgan fingerprint density at radius 1 is 1.05 bits per heavy atom. The van der Waals surface area contributed by atoms with Crippen LogP contribution in [0, 0.1) is 0 Å². The van der Waals surface area contributed by atoms with Crippen molar-refractivity contribution in [1.82, 2.24) is 0 Å². The first-order chi connectivity index (χ1) is 8.40. The van der Waals surface area contributed by atoms with Crippen LogP contribution in [0.1, 0.15) is 13.3 Å². The average Bonchev–Trinajstić information content (AvgIpc) is 2.24. The molecule has 19 heavy (non-hydrogen) atoms. The summed E-state index contributed by atoms with van der Waals surface area (Å²) >= 11 is 0.451. The first-order valence-electron chi connectivity index (χ1n) is 4.90. The lowest BCUT2D eigenvalue weighted by Crippen LogP contribution is -2.49. The monoisotopic (exact) mass is 318 g/mol. The van der Waals surface area contributed by atoms with Crippen LogP contribution in [0.15, 0.2) is 0 Å². The Kier molecular flexibility index (Phi) is 6.56. The molecular weight excluding hydrogens is 308 g/mol. The molecule has 0 heterocycles. The van der Waals surface area contributed by atoms with E-state index in [2.05, 4.69) is 0 Å². The highest BCUT2D eigenvalue weighted by Gasteiger charge is 2.59. The third-order valence-electron chi connectivity index (χ3n) is 2.03. The number of rotatable bonds is 6. The molecule has 0 N–H and O–H groups in total. The van der Waals surface area contributed by atoms with Crippen molar-refractivity contribution >= 4 is 16.9 Å². The number of carbonyl (C=O) groups is 1. The minimum atomic E-state index is -5.84. The fourth-order valence-corrected chi connectivity index (χ4v) is 1.64. The molecule has 0 radical (unpaired) electrons. The molecule has 0 fully saturated rings. The van der Waals surface area contributed by atoms with Crippen molar-refractivity contribution in [2.24, 2.45) is 0 Å². The van der Waals surface area contributed by atoms with Crippen LogP contribution in [-0.4, -0.2) is 41.5 Å². The molecule has 3 atom stereocenters. The second-order valence-corrected chi connectivity index (χ2v) is 4.89. The van der Waals surface area contributed by atoms with Gasteiger partial charge in [0, 0.05) is 12.7 Å². The standard InChI is InChI=1S/C9H10F8OS/c1-4(18)19-3-2-5(10)8(13,14)6(11)7(12)9(15,16)17/h5-7H,2-3H2,1H3. The van der Waals surface area contributed by atoms with Crippen molar-refractivity contribution in [3.8, 4) is 0 Å². The Hall–Kier alpha value is -0.540. The second kappa shape index (κ2) is 6.76. The molecule has 0 spiro atoms. The molecule has 0 rings (SSSR count). The fraction of sp³-hybridized carbons (Fsp3) is 0.889. The molecule has 0 aliphatic rings. The van der Waals surface area contributed by atoms with E-state index in [1.165, 1.54) is 0 Å². The minimum absolute atomic E-state index is 0.451. The number of hydrogen-bond acceptors (Lipinski definition) is 2. The molecule has 0 saturated heterocycles. The van der Waals surface area contributed by atoms with Crippen LogP contribution in [0.2, 0.25) is 0 Å². The minimum Gasteiger partial charge on any atom is -0.288 e. The molecule has 0 aromatic carbocycles. The zero-order chi connectivity index (χ0) is 15.4. The van der Waals surface area contributed by atoms with Crippen LogP contribution in [0.5, 0.6) is 0 Å². The molecule has 0 aromatic rings. The zero-order valence-corrected chi connectivity index (χ0v) is 10.3. The second-order valence-electron chi connectivity index (χ2n) is 3.62. The Morgan fingerprint density at radius 3 is 1.89 bits per heavy atom. The normalized spacial score (nSPS) is 17.9. The van der Waals surface area contributed by atoms with E-state index >= 15 is 0 Å². The molecule has 3 unspecified atom stereocenters. The summed E-state index contributed by atoms with van der Waals surface area (Å²) in [5, 5.41) is -0.522. The summed E-state index contributed by atoms with van der Waals surface area (Å²) in [6, 6.07) is 0. The Bertz CT molecular complexity index is 305. The number of halogens is 8. The summed E-state index contributed by atoms with van der Waals surface area (Å²) in [7, 11) is 0. The number of hydrogen-bond donors (Lipinski definition) is 0. The maximum Gasteiger partial charge on any atom is 0.422 e. The highest BCUT2D eigenvalue weighted by molar-refractivity contribution is 8.13. The Balaban J connectivity index is 4.62. The van der Waals surface area contributed by atoms with Crippen molar-refractivity contribution in [2.75, 3.05) is 5.75 Å². The lowest BCUT2D eigenvalue weighted by Gasteiger charge is -2.27. The molecule has 0 aliphatic heterocycles. The Morgan fingerprint density at radius 2 is 1.53 bits per heavy atom. The van der Waals surface area contributed by atoms with E-state index < -0.39 is 47.9 Å². The maximum absolute atomic E-state index is 13.0. The van der Waals surface area contributed by atoms with E-state index in [4.69, 9.17) is 0 Å². The van der Waals surface area contributed by atoms with Gasteiger partial charge < -0.3 is 0 Å². The average molecular weight is 318 g/mol. The quantitative estimate of drug-likeness (QED) is 0.692. The van der Waals surface area contributed by atoms with Gasteiger partial charge in [0.2, 0.25) is 12.3 Å². The summed E-state index contributed by atoms with van der Waals surface area (Å²) in [4.78, 5) is 10.4. The van der Waals surface area contributed by atoms with Crippen LogP contribution >= 0.6 is 11.8 Å². The molecule has 0 saturated carbocycles. The molecule has 0 aromatic heterocycles. The third kappa shape index (κ3) is 5.53. The van der Waals surface area contributed by atoms with Gasteiger partial charge in [-0.1, -0.05) is 11.8 Å². The molecule has 0 bridgehead atoms. The predicted molar refractivity (Wildman–Crippen MR) is 53.4 cm³/mol. The molecule has 114 valence electrons. The van der Waals surface area contributed by atoms with Gasteiger partial charge in [-0.15, -0.1) is 0 Å². The van der Waals surface area contributed by atoms with Crippen LogP contribution in [0.3, 0.4) is 0 Å². The van der Waals surface area contributed by atoms with Crippen molar-refractivity contribution in [3.63, 3.8) is 0 Å². The van der Waals surface area contributed by atoms with Gasteiger partial charge >= 0.3 is 12.1 Å². The lowest BCUT2D eigenvalue weighted by atomic mass is 10.0. The number of thioether (sulfide) groups is 1. The van der Waals surface area contributed by atoms with Gasteiger partial charge in [0.1, 0.15) is 0 Å². The lowest BCUT2D eigenvalue weighted by molar-refractivity contribution is -0.236. The van der Waals surface area contributed by atoms with Crippen LogP contribution in [0.4, 0.5) is 35.1 Å². The van der Waals surface area contributed by atoms with Crippen molar-refractivity contribution in [2.45, 2.75) is 44.0 Å². The van der Waals surface area contributed by atoms with Gasteiger partial charge in [0.25, 0.3) is 0 Å². The highest BCUT2D eigenvalue weighted by Crippen LogP contribution is 2.38. The van der Waals surface area contributed by atoms with E-state index in [0.717, 1.165) is 6.92 Å². The van der Waals surface area contributed by atoms with E-state index in [0.29, 0.717) is 11.8 Å². The number of carbonyl (C=O) groups excluding carboxylic acids is 1. The summed E-state index contributed by atoms with van der Waals surface area (Å²) < 4.78 is 99.2. The first-order valence-corrected chi connectivity index (χ1v) is 5.89. The van der Waals surface area contributed by atoms with Gasteiger partial charge in [0.05, 0.1) is 0 Å². The van der Waals surface area contributed by atoms with E-state index in [9.17, 15) is 39.9 Å². The summed E-state index contributed by atoms with van der Waals surface area (Å²) in [6.45, 7) is 1.06. The van der Waals surface area contributed by atoms with Gasteiger partial charge in [-0.2, -0.15) is 13.2 Å². The van der Waals surface area contributed by atoms with E-state index in [1.807, 2.05) is 0 Å². The van der Waals surface area contributed by atoms with E-state index in [1.54, 1.807) is 0 Å². The van der Waals surface area contributed by atoms with Crippen LogP contribution in [0.25, 0.3) is 0 Å². The van der Waals surface area contributed by atoms with Gasteiger partial charge in [0.15, 0.2) is 11.3 Å². The van der Waals surface area contributed by atoms with Gasteiger partial charge in [-0.3, -0.25) is 4.79 Å². The van der Waals surface area contributed by atoms with E-state index in [-0.39, 0.29) is 0 Å². The predicted octanol–water partition coefficient (Wildman–Crippen LogP) is 3.87. The van der Waals surface area contributed by atoms with Crippen molar-refractivity contribution in [3.05, 3.63) is 0 Å². The Labute approximate surface area is 107 Å². The third-order valence-corrected chi connectivity index (χ3v) is 2.88. The molecule has 10 heteroatoms. The largest absolute Gasteiger partial charge is 0.422 e. The summed E-state index contributed by atoms with van der Waals surface area (Å²) in [5.74, 6) is -5.59. The topological polar surface area (TPSA) is 17.1 Å². The highest BCUT2D eigenvalue weighted by atomic mass is 32.2. The molecule has 0 amide bonds. The summed E-state index contributed by atoms with van der Waals surface area (Å²) in [6.07, 6.45) is -19.0. The smallest absolute Gasteiger partial charge is 0.288 e.